The first-order valence-corrected chi connectivity index (χ1v) is 9.68. The molecule has 2 heterocycles. The molecular weight excluding hydrogens is 374 g/mol. The van der Waals surface area contributed by atoms with E-state index in [2.05, 4.69) is 19.9 Å². The second-order valence-electron chi connectivity index (χ2n) is 5.62. The third kappa shape index (κ3) is 3.27. The summed E-state index contributed by atoms with van der Waals surface area (Å²) in [6.07, 6.45) is 5.64. The van der Waals surface area contributed by atoms with Gasteiger partial charge in [0, 0.05) is 19.2 Å². The van der Waals surface area contributed by atoms with E-state index in [0.717, 1.165) is 19.3 Å². The van der Waals surface area contributed by atoms with E-state index in [4.69, 9.17) is 23.2 Å². The largest absolute Gasteiger partial charge is 0.396 e. The van der Waals surface area contributed by atoms with Crippen LogP contribution in [0.25, 0.3) is 10.9 Å². The summed E-state index contributed by atoms with van der Waals surface area (Å²) < 4.78 is 14.5. The number of hydrogen-bond acceptors (Lipinski definition) is 6. The van der Waals surface area contributed by atoms with Crippen LogP contribution in [0.1, 0.15) is 25.7 Å². The topological polar surface area (TPSA) is 62.1 Å². The Morgan fingerprint density at radius 2 is 2.00 bits per heavy atom. The predicted molar refractivity (Wildman–Crippen MR) is 95.8 cm³/mol. The van der Waals surface area contributed by atoms with Crippen LogP contribution in [0.3, 0.4) is 0 Å². The molecule has 0 atom stereocenters. The third-order valence-corrected chi connectivity index (χ3v) is 5.26. The predicted octanol–water partition coefficient (Wildman–Crippen LogP) is 3.93. The fraction of sp³-hybridized carbons (Fsp3) is 0.533. The van der Waals surface area contributed by atoms with E-state index < -0.39 is 5.82 Å². The second-order valence-corrected chi connectivity index (χ2v) is 7.11. The molecule has 0 saturated heterocycles. The van der Waals surface area contributed by atoms with E-state index in [1.165, 1.54) is 11.8 Å². The summed E-state index contributed by atoms with van der Waals surface area (Å²) in [7, 11) is 0. The Morgan fingerprint density at radius 1 is 1.25 bits per heavy atom. The molecule has 0 radical (unpaired) electrons. The molecule has 1 saturated carbocycles. The standard InChI is InChI=1S/C15H17Cl2FN4OS/c1-24-15-19-11-9(12(16)20-13(17)10(11)18)14(21-15)22(6-3-7-23)8-4-2-5-8/h8,23H,2-7H2,1H3. The van der Waals surface area contributed by atoms with Gasteiger partial charge >= 0.3 is 0 Å². The van der Waals surface area contributed by atoms with Crippen molar-refractivity contribution >= 4 is 51.7 Å². The molecule has 3 rings (SSSR count). The summed E-state index contributed by atoms with van der Waals surface area (Å²) in [6, 6.07) is 0.305. The van der Waals surface area contributed by atoms with Crippen LogP contribution in [0.5, 0.6) is 0 Å². The SMILES string of the molecule is CSc1nc(N(CCCO)C2CCC2)c2c(Cl)nc(Cl)c(F)c2n1. The molecule has 1 N–H and O–H groups in total. The van der Waals surface area contributed by atoms with Gasteiger partial charge in [0.15, 0.2) is 16.1 Å². The molecule has 130 valence electrons. The van der Waals surface area contributed by atoms with Crippen molar-refractivity contribution in [3.63, 3.8) is 0 Å². The number of anilines is 1. The lowest BCUT2D eigenvalue weighted by Gasteiger charge is -2.39. The van der Waals surface area contributed by atoms with Gasteiger partial charge in [-0.25, -0.2) is 19.3 Å². The van der Waals surface area contributed by atoms with Crippen molar-refractivity contribution in [1.29, 1.82) is 0 Å². The smallest absolute Gasteiger partial charge is 0.189 e. The zero-order chi connectivity index (χ0) is 17.3. The van der Waals surface area contributed by atoms with E-state index in [0.29, 0.717) is 35.4 Å². The minimum absolute atomic E-state index is 0.0772. The van der Waals surface area contributed by atoms with Crippen molar-refractivity contribution in [2.45, 2.75) is 36.9 Å². The lowest BCUT2D eigenvalue weighted by molar-refractivity contribution is 0.282. The molecule has 0 spiro atoms. The molecular formula is C15H17Cl2FN4OS. The number of fused-ring (bicyclic) bond motifs is 1. The van der Waals surface area contributed by atoms with Crippen molar-refractivity contribution in [1.82, 2.24) is 15.0 Å². The van der Waals surface area contributed by atoms with Crippen LogP contribution in [-0.2, 0) is 0 Å². The maximum absolute atomic E-state index is 14.5. The number of aliphatic hydroxyl groups is 1. The Morgan fingerprint density at radius 3 is 2.58 bits per heavy atom. The normalized spacial score (nSPS) is 14.9. The van der Waals surface area contributed by atoms with Crippen LogP contribution in [0.4, 0.5) is 10.2 Å². The quantitative estimate of drug-likeness (QED) is 0.457. The number of pyridine rings is 1. The molecule has 0 bridgehead atoms. The number of thioether (sulfide) groups is 1. The van der Waals surface area contributed by atoms with Gasteiger partial charge in [0.1, 0.15) is 16.5 Å². The number of nitrogens with zero attached hydrogens (tertiary/aromatic N) is 4. The van der Waals surface area contributed by atoms with Crippen LogP contribution >= 0.6 is 35.0 Å². The zero-order valence-corrected chi connectivity index (χ0v) is 15.4. The highest BCUT2D eigenvalue weighted by atomic mass is 35.5. The molecule has 9 heteroatoms. The first-order valence-electron chi connectivity index (χ1n) is 7.70. The summed E-state index contributed by atoms with van der Waals surface area (Å²) >= 11 is 13.4. The van der Waals surface area contributed by atoms with Gasteiger partial charge in [-0.05, 0) is 31.9 Å². The average molecular weight is 391 g/mol. The Bertz CT molecular complexity index is 760. The Balaban J connectivity index is 2.22. The molecule has 1 aliphatic carbocycles. The highest BCUT2D eigenvalue weighted by Gasteiger charge is 2.29. The van der Waals surface area contributed by atoms with Gasteiger partial charge < -0.3 is 10.0 Å². The Kier molecular flexibility index (Phi) is 5.64. The van der Waals surface area contributed by atoms with Crippen molar-refractivity contribution < 1.29 is 9.50 Å². The van der Waals surface area contributed by atoms with Gasteiger partial charge in [-0.15, -0.1) is 0 Å². The fourth-order valence-corrected chi connectivity index (χ4v) is 3.60. The monoisotopic (exact) mass is 390 g/mol. The summed E-state index contributed by atoms with van der Waals surface area (Å²) in [5.74, 6) is -0.124. The highest BCUT2D eigenvalue weighted by Crippen LogP contribution is 2.38. The van der Waals surface area contributed by atoms with Crippen molar-refractivity contribution in [2.75, 3.05) is 24.3 Å². The lowest BCUT2D eigenvalue weighted by atomic mass is 9.91. The molecule has 0 aliphatic heterocycles. The van der Waals surface area contributed by atoms with Gasteiger partial charge in [0.2, 0.25) is 0 Å². The summed E-state index contributed by atoms with van der Waals surface area (Å²) in [6.45, 7) is 0.690. The van der Waals surface area contributed by atoms with Crippen LogP contribution in [0, 0.1) is 5.82 Å². The minimum atomic E-state index is -0.689. The van der Waals surface area contributed by atoms with Gasteiger partial charge in [-0.2, -0.15) is 0 Å². The van der Waals surface area contributed by atoms with Crippen LogP contribution in [0.2, 0.25) is 10.3 Å². The minimum Gasteiger partial charge on any atom is -0.396 e. The van der Waals surface area contributed by atoms with Gasteiger partial charge in [0.05, 0.1) is 5.39 Å². The molecule has 0 unspecified atom stereocenters. The van der Waals surface area contributed by atoms with E-state index in [1.807, 2.05) is 6.26 Å². The Hall–Kier alpha value is -0.890. The molecule has 2 aromatic heterocycles. The lowest BCUT2D eigenvalue weighted by Crippen LogP contribution is -2.42. The fourth-order valence-electron chi connectivity index (χ4n) is 2.77. The van der Waals surface area contributed by atoms with E-state index in [1.54, 1.807) is 0 Å². The molecule has 2 aromatic rings. The van der Waals surface area contributed by atoms with Crippen molar-refractivity contribution in [3.05, 3.63) is 16.1 Å². The molecule has 1 fully saturated rings. The average Bonchev–Trinajstić information content (AvgIpc) is 2.53. The number of aromatic nitrogens is 3. The third-order valence-electron chi connectivity index (χ3n) is 4.19. The van der Waals surface area contributed by atoms with Crippen molar-refractivity contribution in [3.8, 4) is 0 Å². The molecule has 0 amide bonds. The van der Waals surface area contributed by atoms with Crippen LogP contribution in [0.15, 0.2) is 5.16 Å². The molecule has 1 aliphatic rings. The molecule has 24 heavy (non-hydrogen) atoms. The summed E-state index contributed by atoms with van der Waals surface area (Å²) in [5.41, 5.74) is 0.0858. The molecule has 5 nitrogen and oxygen atoms in total. The van der Waals surface area contributed by atoms with Crippen LogP contribution in [-0.4, -0.2) is 45.5 Å². The highest BCUT2D eigenvalue weighted by molar-refractivity contribution is 7.98. The number of hydrogen-bond donors (Lipinski definition) is 1. The number of halogens is 3. The second kappa shape index (κ2) is 7.56. The Labute approximate surface area is 153 Å². The van der Waals surface area contributed by atoms with Gasteiger partial charge in [0.25, 0.3) is 0 Å². The maximum Gasteiger partial charge on any atom is 0.189 e. The van der Waals surface area contributed by atoms with Gasteiger partial charge in [-0.1, -0.05) is 35.0 Å². The van der Waals surface area contributed by atoms with E-state index in [-0.39, 0.29) is 22.4 Å². The number of aliphatic hydroxyl groups excluding tert-OH is 1. The zero-order valence-electron chi connectivity index (χ0n) is 13.1. The van der Waals surface area contributed by atoms with E-state index >= 15 is 0 Å². The summed E-state index contributed by atoms with van der Waals surface area (Å²) in [5, 5.41) is 9.82. The van der Waals surface area contributed by atoms with Crippen molar-refractivity contribution in [2.24, 2.45) is 0 Å². The molecule has 0 aromatic carbocycles. The first-order chi connectivity index (χ1) is 11.6. The summed E-state index contributed by atoms with van der Waals surface area (Å²) in [4.78, 5) is 14.8. The van der Waals surface area contributed by atoms with Crippen LogP contribution < -0.4 is 4.90 Å². The van der Waals surface area contributed by atoms with Gasteiger partial charge in [-0.3, -0.25) is 0 Å². The first kappa shape index (κ1) is 17.9. The maximum atomic E-state index is 14.5. The number of rotatable bonds is 6. The van der Waals surface area contributed by atoms with E-state index in [9.17, 15) is 9.50 Å².